The molecule has 0 spiro atoms. The van der Waals surface area contributed by atoms with E-state index in [9.17, 15) is 19.0 Å². The Labute approximate surface area is 344 Å². The van der Waals surface area contributed by atoms with Crippen LogP contribution in [0.25, 0.3) is 0 Å². The van der Waals surface area contributed by atoms with Gasteiger partial charge in [0.05, 0.1) is 27.7 Å². The molecule has 56 heavy (non-hydrogen) atoms. The minimum atomic E-state index is -4.64. The van der Waals surface area contributed by atoms with E-state index < -0.39 is 32.5 Å². The van der Waals surface area contributed by atoms with E-state index in [1.807, 2.05) is 21.1 Å². The molecule has 328 valence electrons. The van der Waals surface area contributed by atoms with E-state index in [4.69, 9.17) is 18.5 Å². The zero-order chi connectivity index (χ0) is 41.4. The fourth-order valence-electron chi connectivity index (χ4n) is 6.04. The average molecular weight is 812 g/mol. The first-order valence-corrected chi connectivity index (χ1v) is 24.2. The Morgan fingerprint density at radius 2 is 0.982 bits per heavy atom. The average Bonchev–Trinajstić information content (AvgIpc) is 3.15. The Hall–Kier alpha value is -1.77. The van der Waals surface area contributed by atoms with Crippen molar-refractivity contribution in [2.24, 2.45) is 0 Å². The number of rotatable bonds is 41. The molecule has 0 saturated carbocycles. The molecule has 0 aliphatic rings. The van der Waals surface area contributed by atoms with E-state index in [1.165, 1.54) is 116 Å². The number of phosphoric acid groups is 1. The predicted octanol–water partition coefficient (Wildman–Crippen LogP) is 12.3. The molecule has 9 nitrogen and oxygen atoms in total. The van der Waals surface area contributed by atoms with Gasteiger partial charge in [0.25, 0.3) is 7.82 Å². The topological polar surface area (TPSA) is 111 Å². The molecular formula is C46H86NO8P. The summed E-state index contributed by atoms with van der Waals surface area (Å²) < 4.78 is 33.8. The number of phosphoric ester groups is 1. The molecule has 0 saturated heterocycles. The molecule has 1 unspecified atom stereocenters. The van der Waals surface area contributed by atoms with Gasteiger partial charge in [-0.25, -0.2) is 0 Å². The van der Waals surface area contributed by atoms with E-state index in [2.05, 4.69) is 50.3 Å². The minimum Gasteiger partial charge on any atom is -0.756 e. The fourth-order valence-corrected chi connectivity index (χ4v) is 6.77. The summed E-state index contributed by atoms with van der Waals surface area (Å²) in [4.78, 5) is 37.5. The molecule has 0 aliphatic carbocycles. The van der Waals surface area contributed by atoms with Crippen molar-refractivity contribution in [3.05, 3.63) is 36.5 Å². The summed E-state index contributed by atoms with van der Waals surface area (Å²) in [6.45, 7) is 4.16. The molecule has 0 amide bonds. The SMILES string of the molecule is CCCCCCCCCCC/C=C/C/C=C/CCCC(=O)O[C@H](COC(=O)CCCC/C=C/CCCCCCCCCCC)COP(=O)([O-])OCC[N+](C)(C)C. The Balaban J connectivity index is 4.43. The summed E-state index contributed by atoms with van der Waals surface area (Å²) in [6.07, 6.45) is 43.3. The number of quaternary nitrogens is 1. The van der Waals surface area contributed by atoms with Crippen LogP contribution in [-0.2, 0) is 32.7 Å². The number of ether oxygens (including phenoxy) is 2. The maximum absolute atomic E-state index is 12.7. The first-order valence-electron chi connectivity index (χ1n) is 22.7. The van der Waals surface area contributed by atoms with Gasteiger partial charge in [0.2, 0.25) is 0 Å². The van der Waals surface area contributed by atoms with Crippen LogP contribution in [0.5, 0.6) is 0 Å². The van der Waals surface area contributed by atoms with Gasteiger partial charge in [-0.3, -0.25) is 14.2 Å². The number of carbonyl (C=O) groups excluding carboxylic acids is 2. The second-order valence-corrected chi connectivity index (χ2v) is 17.8. The first kappa shape index (κ1) is 54.2. The lowest BCUT2D eigenvalue weighted by atomic mass is 10.1. The van der Waals surface area contributed by atoms with Gasteiger partial charge in [-0.15, -0.1) is 0 Å². The normalized spacial score (nSPS) is 13.9. The lowest BCUT2D eigenvalue weighted by Gasteiger charge is -2.28. The third kappa shape index (κ3) is 41.9. The van der Waals surface area contributed by atoms with Crippen molar-refractivity contribution in [1.29, 1.82) is 0 Å². The molecule has 0 aromatic heterocycles. The second-order valence-electron chi connectivity index (χ2n) is 16.4. The van der Waals surface area contributed by atoms with Gasteiger partial charge in [0.1, 0.15) is 19.8 Å². The van der Waals surface area contributed by atoms with Crippen molar-refractivity contribution in [1.82, 2.24) is 0 Å². The molecule has 0 heterocycles. The molecule has 0 aliphatic heterocycles. The second kappa shape index (κ2) is 38.7. The maximum Gasteiger partial charge on any atom is 0.306 e. The van der Waals surface area contributed by atoms with Crippen molar-refractivity contribution in [3.63, 3.8) is 0 Å². The zero-order valence-electron chi connectivity index (χ0n) is 36.8. The highest BCUT2D eigenvalue weighted by Crippen LogP contribution is 2.38. The predicted molar refractivity (Wildman–Crippen MR) is 231 cm³/mol. The van der Waals surface area contributed by atoms with Crippen molar-refractivity contribution in [2.45, 2.75) is 200 Å². The van der Waals surface area contributed by atoms with Gasteiger partial charge in [0, 0.05) is 12.8 Å². The molecule has 0 rings (SSSR count). The summed E-state index contributed by atoms with van der Waals surface area (Å²) in [5.41, 5.74) is 0. The van der Waals surface area contributed by atoms with Crippen LogP contribution in [-0.4, -0.2) is 70.0 Å². The number of allylic oxidation sites excluding steroid dienone is 6. The molecule has 0 aromatic carbocycles. The standard InChI is InChI=1S/C46H86NO8P/c1-6-8-10-12-14-16-18-20-22-23-25-27-29-31-33-35-37-39-46(49)55-44(43-54-56(50,51)53-41-40-47(3,4)5)42-52-45(48)38-36-34-32-30-28-26-24-21-19-17-15-13-11-9-7-2/h25,27-28,30-31,33,44H,6-24,26,29,32,34-43H2,1-5H3/b27-25+,30-28+,33-31+/t44-/m1/s1. The van der Waals surface area contributed by atoms with Crippen LogP contribution in [0.15, 0.2) is 36.5 Å². The highest BCUT2D eigenvalue weighted by molar-refractivity contribution is 7.45. The van der Waals surface area contributed by atoms with E-state index in [1.54, 1.807) is 0 Å². The molecule has 10 heteroatoms. The molecule has 2 atom stereocenters. The smallest absolute Gasteiger partial charge is 0.306 e. The third-order valence-corrected chi connectivity index (χ3v) is 10.6. The third-order valence-electron chi connectivity index (χ3n) is 9.63. The number of esters is 2. The molecule has 0 aromatic rings. The number of carbonyl (C=O) groups is 2. The fraction of sp³-hybridized carbons (Fsp3) is 0.826. The van der Waals surface area contributed by atoms with Crippen LogP contribution in [0.3, 0.4) is 0 Å². The number of likely N-dealkylation sites (N-methyl/N-ethyl adjacent to an activating group) is 1. The Morgan fingerprint density at radius 3 is 1.48 bits per heavy atom. The Morgan fingerprint density at radius 1 is 0.554 bits per heavy atom. The molecule has 0 fully saturated rings. The van der Waals surface area contributed by atoms with Crippen molar-refractivity contribution in [2.75, 3.05) is 47.5 Å². The molecule has 0 bridgehead atoms. The summed E-state index contributed by atoms with van der Waals surface area (Å²) >= 11 is 0. The van der Waals surface area contributed by atoms with Gasteiger partial charge >= 0.3 is 11.9 Å². The minimum absolute atomic E-state index is 0.0409. The summed E-state index contributed by atoms with van der Waals surface area (Å²) in [6, 6.07) is 0. The van der Waals surface area contributed by atoms with Crippen LogP contribution >= 0.6 is 7.82 Å². The quantitative estimate of drug-likeness (QED) is 0.0197. The molecule has 0 radical (unpaired) electrons. The molecular weight excluding hydrogens is 725 g/mol. The van der Waals surface area contributed by atoms with Crippen molar-refractivity contribution >= 4 is 19.8 Å². The number of unbranched alkanes of at least 4 members (excludes halogenated alkanes) is 21. The van der Waals surface area contributed by atoms with Crippen LogP contribution in [0, 0.1) is 0 Å². The first-order chi connectivity index (χ1) is 27.0. The monoisotopic (exact) mass is 812 g/mol. The Kier molecular flexibility index (Phi) is 37.5. The van der Waals surface area contributed by atoms with Crippen LogP contribution in [0.4, 0.5) is 0 Å². The number of nitrogens with zero attached hydrogens (tertiary/aromatic N) is 1. The maximum atomic E-state index is 12.7. The van der Waals surface area contributed by atoms with Crippen molar-refractivity contribution < 1.29 is 42.1 Å². The van der Waals surface area contributed by atoms with Gasteiger partial charge < -0.3 is 27.9 Å². The van der Waals surface area contributed by atoms with Gasteiger partial charge in [0.15, 0.2) is 6.10 Å². The lowest BCUT2D eigenvalue weighted by molar-refractivity contribution is -0.870. The van der Waals surface area contributed by atoms with Gasteiger partial charge in [-0.05, 0) is 64.2 Å². The number of hydrogen-bond donors (Lipinski definition) is 0. The van der Waals surface area contributed by atoms with Crippen LogP contribution < -0.4 is 4.89 Å². The molecule has 0 N–H and O–H groups in total. The van der Waals surface area contributed by atoms with Gasteiger partial charge in [-0.2, -0.15) is 0 Å². The zero-order valence-corrected chi connectivity index (χ0v) is 37.7. The van der Waals surface area contributed by atoms with E-state index >= 15 is 0 Å². The van der Waals surface area contributed by atoms with E-state index in [0.29, 0.717) is 23.9 Å². The largest absolute Gasteiger partial charge is 0.756 e. The highest BCUT2D eigenvalue weighted by atomic mass is 31.2. The highest BCUT2D eigenvalue weighted by Gasteiger charge is 2.21. The van der Waals surface area contributed by atoms with Crippen LogP contribution in [0.2, 0.25) is 0 Å². The van der Waals surface area contributed by atoms with Crippen LogP contribution in [0.1, 0.15) is 194 Å². The summed E-state index contributed by atoms with van der Waals surface area (Å²) in [5, 5.41) is 0. The van der Waals surface area contributed by atoms with Gasteiger partial charge in [-0.1, -0.05) is 153 Å². The lowest BCUT2D eigenvalue weighted by Crippen LogP contribution is -2.37. The van der Waals surface area contributed by atoms with E-state index in [-0.39, 0.29) is 26.1 Å². The van der Waals surface area contributed by atoms with Crippen molar-refractivity contribution in [3.8, 4) is 0 Å². The Bertz CT molecular complexity index is 1050. The summed E-state index contributed by atoms with van der Waals surface area (Å²) in [7, 11) is 1.13. The summed E-state index contributed by atoms with van der Waals surface area (Å²) in [5.74, 6) is -0.911. The number of hydrogen-bond acceptors (Lipinski definition) is 8. The van der Waals surface area contributed by atoms with E-state index in [0.717, 1.165) is 38.5 Å².